The van der Waals surface area contributed by atoms with Gasteiger partial charge in [-0.3, -0.25) is 5.10 Å². The van der Waals surface area contributed by atoms with E-state index in [2.05, 4.69) is 20.2 Å². The van der Waals surface area contributed by atoms with Crippen LogP contribution in [-0.2, 0) is 0 Å². The van der Waals surface area contributed by atoms with Crippen LogP contribution >= 0.6 is 11.6 Å². The van der Waals surface area contributed by atoms with Crippen molar-refractivity contribution in [2.45, 2.75) is 13.0 Å². The highest BCUT2D eigenvalue weighted by molar-refractivity contribution is 6.28. The van der Waals surface area contributed by atoms with E-state index >= 15 is 0 Å². The van der Waals surface area contributed by atoms with Crippen molar-refractivity contribution in [3.8, 4) is 0 Å². The molecule has 16 heavy (non-hydrogen) atoms. The highest BCUT2D eigenvalue weighted by atomic mass is 35.5. The molecular formula is C9H12ClN5O. The molecule has 0 aliphatic heterocycles. The average molecular weight is 242 g/mol. The van der Waals surface area contributed by atoms with Gasteiger partial charge in [0.1, 0.15) is 5.82 Å². The maximum Gasteiger partial charge on any atom is 0.226 e. The second-order valence-corrected chi connectivity index (χ2v) is 4.02. The maximum atomic E-state index is 9.33. The van der Waals surface area contributed by atoms with Gasteiger partial charge in [0.05, 0.1) is 17.7 Å². The number of anilines is 1. The first kappa shape index (κ1) is 11.1. The number of aromatic nitrogens is 4. The summed E-state index contributed by atoms with van der Waals surface area (Å²) in [7, 11) is 1.83. The number of hydrogen-bond acceptors (Lipinski definition) is 5. The van der Waals surface area contributed by atoms with E-state index in [1.165, 1.54) is 0 Å². The molecule has 6 nitrogen and oxygen atoms in total. The van der Waals surface area contributed by atoms with Gasteiger partial charge in [0.15, 0.2) is 5.65 Å². The van der Waals surface area contributed by atoms with E-state index in [0.717, 1.165) is 5.39 Å². The van der Waals surface area contributed by atoms with Gasteiger partial charge >= 0.3 is 0 Å². The lowest BCUT2D eigenvalue weighted by atomic mass is 10.3. The highest BCUT2D eigenvalue weighted by Gasteiger charge is 2.13. The van der Waals surface area contributed by atoms with Crippen LogP contribution in [0.4, 0.5) is 5.82 Å². The lowest BCUT2D eigenvalue weighted by Crippen LogP contribution is -2.27. The smallest absolute Gasteiger partial charge is 0.226 e. The molecular weight excluding hydrogens is 230 g/mol. The monoisotopic (exact) mass is 241 g/mol. The van der Waals surface area contributed by atoms with E-state index in [4.69, 9.17) is 11.6 Å². The fourth-order valence-electron chi connectivity index (χ4n) is 1.57. The summed E-state index contributed by atoms with van der Waals surface area (Å²) in [6.07, 6.45) is 1.19. The Kier molecular flexibility index (Phi) is 2.93. The molecule has 1 atom stereocenters. The third kappa shape index (κ3) is 2.07. The fraction of sp³-hybridized carbons (Fsp3) is 0.444. The van der Waals surface area contributed by atoms with E-state index < -0.39 is 6.10 Å². The second-order valence-electron chi connectivity index (χ2n) is 3.68. The zero-order chi connectivity index (χ0) is 11.7. The van der Waals surface area contributed by atoms with Crippen LogP contribution in [0.1, 0.15) is 6.92 Å². The SMILES string of the molecule is CC(O)CN(C)c1nc(Cl)nc2[nH]ncc12. The van der Waals surface area contributed by atoms with Crippen LogP contribution < -0.4 is 4.90 Å². The van der Waals surface area contributed by atoms with Gasteiger partial charge in [-0.15, -0.1) is 0 Å². The molecule has 0 aromatic carbocycles. The Balaban J connectivity index is 2.45. The van der Waals surface area contributed by atoms with Crippen LogP contribution in [0.2, 0.25) is 5.28 Å². The Morgan fingerprint density at radius 2 is 2.31 bits per heavy atom. The summed E-state index contributed by atoms with van der Waals surface area (Å²) in [5.41, 5.74) is 0.590. The van der Waals surface area contributed by atoms with Gasteiger partial charge in [-0.1, -0.05) is 0 Å². The molecule has 0 bridgehead atoms. The number of H-pyrrole nitrogens is 1. The predicted octanol–water partition coefficient (Wildman–Crippen LogP) is 0.823. The van der Waals surface area contributed by atoms with Crippen LogP contribution in [-0.4, -0.2) is 45.0 Å². The Morgan fingerprint density at radius 1 is 1.56 bits per heavy atom. The molecule has 2 aromatic heterocycles. The topological polar surface area (TPSA) is 77.9 Å². The molecule has 0 spiro atoms. The highest BCUT2D eigenvalue weighted by Crippen LogP contribution is 2.22. The molecule has 0 fully saturated rings. The number of likely N-dealkylation sites (N-methyl/N-ethyl adjacent to an activating group) is 1. The summed E-state index contributed by atoms with van der Waals surface area (Å²) in [5, 5.41) is 16.9. The molecule has 0 amide bonds. The normalized spacial score (nSPS) is 13.0. The van der Waals surface area contributed by atoms with Crippen LogP contribution in [0.5, 0.6) is 0 Å². The predicted molar refractivity (Wildman–Crippen MR) is 61.6 cm³/mol. The first-order valence-electron chi connectivity index (χ1n) is 4.83. The van der Waals surface area contributed by atoms with Crippen LogP contribution in [0.25, 0.3) is 11.0 Å². The van der Waals surface area contributed by atoms with Crippen molar-refractivity contribution >= 4 is 28.5 Å². The lowest BCUT2D eigenvalue weighted by Gasteiger charge is -2.20. The van der Waals surface area contributed by atoms with Crippen molar-refractivity contribution in [1.29, 1.82) is 0 Å². The van der Waals surface area contributed by atoms with E-state index in [1.807, 2.05) is 11.9 Å². The van der Waals surface area contributed by atoms with Gasteiger partial charge in [-0.2, -0.15) is 15.1 Å². The number of fused-ring (bicyclic) bond motifs is 1. The van der Waals surface area contributed by atoms with E-state index in [1.54, 1.807) is 13.1 Å². The van der Waals surface area contributed by atoms with Crippen LogP contribution in [0.3, 0.4) is 0 Å². The van der Waals surface area contributed by atoms with Crippen molar-refractivity contribution in [2.75, 3.05) is 18.5 Å². The zero-order valence-electron chi connectivity index (χ0n) is 8.98. The van der Waals surface area contributed by atoms with Crippen LogP contribution in [0, 0.1) is 0 Å². The van der Waals surface area contributed by atoms with Gasteiger partial charge in [-0.25, -0.2) is 0 Å². The summed E-state index contributed by atoms with van der Waals surface area (Å²) in [6.45, 7) is 2.18. The largest absolute Gasteiger partial charge is 0.392 e. The minimum absolute atomic E-state index is 0.157. The van der Waals surface area contributed by atoms with Crippen LogP contribution in [0.15, 0.2) is 6.20 Å². The number of halogens is 1. The lowest BCUT2D eigenvalue weighted by molar-refractivity contribution is 0.201. The minimum Gasteiger partial charge on any atom is -0.392 e. The molecule has 7 heteroatoms. The van der Waals surface area contributed by atoms with Gasteiger partial charge in [0.25, 0.3) is 0 Å². The third-order valence-electron chi connectivity index (χ3n) is 2.16. The third-order valence-corrected chi connectivity index (χ3v) is 2.33. The molecule has 2 N–H and O–H groups in total. The van der Waals surface area contributed by atoms with Gasteiger partial charge in [0.2, 0.25) is 5.28 Å². The van der Waals surface area contributed by atoms with Crippen molar-refractivity contribution in [1.82, 2.24) is 20.2 Å². The fourth-order valence-corrected chi connectivity index (χ4v) is 1.73. The number of aromatic amines is 1. The minimum atomic E-state index is -0.444. The maximum absolute atomic E-state index is 9.33. The quantitative estimate of drug-likeness (QED) is 0.778. The number of aliphatic hydroxyl groups excluding tert-OH is 1. The Morgan fingerprint density at radius 3 is 3.00 bits per heavy atom. The first-order valence-corrected chi connectivity index (χ1v) is 5.21. The molecule has 86 valence electrons. The first-order chi connectivity index (χ1) is 7.58. The summed E-state index contributed by atoms with van der Waals surface area (Å²) in [4.78, 5) is 9.96. The molecule has 0 saturated heterocycles. The molecule has 0 saturated carbocycles. The second kappa shape index (κ2) is 4.23. The molecule has 2 rings (SSSR count). The number of aliphatic hydroxyl groups is 1. The van der Waals surface area contributed by atoms with Gasteiger partial charge in [0, 0.05) is 13.6 Å². The Labute approximate surface area is 97.3 Å². The zero-order valence-corrected chi connectivity index (χ0v) is 9.73. The standard InChI is InChI=1S/C9H12ClN5O/c1-5(16)4-15(2)8-6-3-11-14-7(6)12-9(10)13-8/h3,5,16H,4H2,1-2H3,(H,11,12,13,14). The Bertz CT molecular complexity index is 498. The summed E-state index contributed by atoms with van der Waals surface area (Å²) < 4.78 is 0. The van der Waals surface area contributed by atoms with Gasteiger partial charge in [-0.05, 0) is 18.5 Å². The van der Waals surface area contributed by atoms with Crippen molar-refractivity contribution in [3.05, 3.63) is 11.5 Å². The van der Waals surface area contributed by atoms with Gasteiger partial charge < -0.3 is 10.0 Å². The van der Waals surface area contributed by atoms with E-state index in [0.29, 0.717) is 18.0 Å². The summed E-state index contributed by atoms with van der Waals surface area (Å²) >= 11 is 5.80. The molecule has 2 heterocycles. The molecule has 0 radical (unpaired) electrons. The average Bonchev–Trinajstić information content (AvgIpc) is 2.62. The summed E-state index contributed by atoms with van der Waals surface area (Å²) in [6, 6.07) is 0. The number of hydrogen-bond donors (Lipinski definition) is 2. The molecule has 2 aromatic rings. The van der Waals surface area contributed by atoms with Crippen molar-refractivity contribution in [3.63, 3.8) is 0 Å². The molecule has 0 aliphatic rings. The number of nitrogens with one attached hydrogen (secondary N) is 1. The number of rotatable bonds is 3. The van der Waals surface area contributed by atoms with Crippen molar-refractivity contribution < 1.29 is 5.11 Å². The molecule has 0 aliphatic carbocycles. The Hall–Kier alpha value is -1.40. The number of nitrogens with zero attached hydrogens (tertiary/aromatic N) is 4. The van der Waals surface area contributed by atoms with E-state index in [9.17, 15) is 5.11 Å². The molecule has 1 unspecified atom stereocenters. The van der Waals surface area contributed by atoms with E-state index in [-0.39, 0.29) is 5.28 Å². The summed E-state index contributed by atoms with van der Waals surface area (Å²) in [5.74, 6) is 0.657. The van der Waals surface area contributed by atoms with Crippen molar-refractivity contribution in [2.24, 2.45) is 0 Å².